The molecule has 6 heteroatoms. The summed E-state index contributed by atoms with van der Waals surface area (Å²) < 4.78 is 4.09. The standard InChI is InChI=1S/C8H10O5.Fe/c1-5(9)3-7(11)4-8(12)13-6(2)10;/h3-4H2,1-2H3;. The quantitative estimate of drug-likeness (QED) is 0.394. The SMILES string of the molecule is CC(=O)CC(=O)CC(=O)OC(C)=O.[Fe]. The van der Waals surface area contributed by atoms with Gasteiger partial charge in [0.25, 0.3) is 0 Å². The van der Waals surface area contributed by atoms with E-state index in [4.69, 9.17) is 0 Å². The fourth-order valence-electron chi connectivity index (χ4n) is 0.698. The van der Waals surface area contributed by atoms with Gasteiger partial charge in [0, 0.05) is 24.0 Å². The van der Waals surface area contributed by atoms with Gasteiger partial charge >= 0.3 is 11.9 Å². The van der Waals surface area contributed by atoms with E-state index >= 15 is 0 Å². The number of ether oxygens (including phenoxy) is 1. The molecule has 0 atom stereocenters. The van der Waals surface area contributed by atoms with Crippen LogP contribution in [0.2, 0.25) is 0 Å². The van der Waals surface area contributed by atoms with Crippen LogP contribution in [0.3, 0.4) is 0 Å². The number of carbonyl (C=O) groups is 4. The van der Waals surface area contributed by atoms with Crippen LogP contribution >= 0.6 is 0 Å². The van der Waals surface area contributed by atoms with Crippen LogP contribution in [0, 0.1) is 0 Å². The Labute approximate surface area is 91.6 Å². The van der Waals surface area contributed by atoms with Gasteiger partial charge in [-0.15, -0.1) is 0 Å². The van der Waals surface area contributed by atoms with E-state index in [1.54, 1.807) is 0 Å². The summed E-state index contributed by atoms with van der Waals surface area (Å²) in [5.41, 5.74) is 0. The van der Waals surface area contributed by atoms with Gasteiger partial charge in [0.1, 0.15) is 12.2 Å². The molecular formula is C8H10FeO5. The van der Waals surface area contributed by atoms with Crippen LogP contribution in [0.4, 0.5) is 0 Å². The molecule has 0 heterocycles. The Kier molecular flexibility index (Phi) is 8.19. The normalized spacial score (nSPS) is 8.43. The maximum absolute atomic E-state index is 10.8. The zero-order chi connectivity index (χ0) is 10.4. The number of rotatable bonds is 4. The van der Waals surface area contributed by atoms with E-state index in [1.807, 2.05) is 0 Å². The molecule has 80 valence electrons. The van der Waals surface area contributed by atoms with Gasteiger partial charge in [-0.25, -0.2) is 0 Å². The largest absolute Gasteiger partial charge is 0.393 e. The first-order valence-corrected chi connectivity index (χ1v) is 3.64. The molecule has 0 radical (unpaired) electrons. The van der Waals surface area contributed by atoms with Crippen LogP contribution in [0.1, 0.15) is 26.7 Å². The van der Waals surface area contributed by atoms with Gasteiger partial charge in [0.2, 0.25) is 0 Å². The van der Waals surface area contributed by atoms with Crippen molar-refractivity contribution in [3.8, 4) is 0 Å². The molecule has 0 fully saturated rings. The predicted octanol–water partition coefficient (Wildman–Crippen LogP) is 0.0119. The second kappa shape index (κ2) is 7.41. The zero-order valence-corrected chi connectivity index (χ0v) is 8.91. The summed E-state index contributed by atoms with van der Waals surface area (Å²) in [7, 11) is 0. The summed E-state index contributed by atoms with van der Waals surface area (Å²) in [6.07, 6.45) is -0.827. The van der Waals surface area contributed by atoms with Crippen molar-refractivity contribution in [1.82, 2.24) is 0 Å². The van der Waals surface area contributed by atoms with Crippen LogP contribution in [0.15, 0.2) is 0 Å². The van der Waals surface area contributed by atoms with E-state index in [0.29, 0.717) is 0 Å². The Morgan fingerprint density at radius 1 is 1.00 bits per heavy atom. The van der Waals surface area contributed by atoms with E-state index in [9.17, 15) is 19.2 Å². The van der Waals surface area contributed by atoms with Crippen LogP contribution in [0.25, 0.3) is 0 Å². The Bertz CT molecular complexity index is 232. The summed E-state index contributed by atoms with van der Waals surface area (Å²) in [5.74, 6) is -2.54. The Morgan fingerprint density at radius 3 is 1.86 bits per heavy atom. The molecule has 0 aromatic carbocycles. The number of hydrogen-bond acceptors (Lipinski definition) is 5. The summed E-state index contributed by atoms with van der Waals surface area (Å²) in [5, 5.41) is 0. The molecule has 0 amide bonds. The number of carbonyl (C=O) groups excluding carboxylic acids is 4. The van der Waals surface area contributed by atoms with Gasteiger partial charge < -0.3 is 4.74 Å². The molecule has 0 saturated heterocycles. The second-order valence-electron chi connectivity index (χ2n) is 2.56. The zero-order valence-electron chi connectivity index (χ0n) is 7.81. The third-order valence-corrected chi connectivity index (χ3v) is 1.05. The average Bonchev–Trinajstić information content (AvgIpc) is 1.80. The molecule has 0 aliphatic rings. The van der Waals surface area contributed by atoms with Crippen LogP contribution in [-0.4, -0.2) is 23.5 Å². The van der Waals surface area contributed by atoms with Crippen LogP contribution in [-0.2, 0) is 41.0 Å². The summed E-state index contributed by atoms with van der Waals surface area (Å²) in [4.78, 5) is 42.1. The number of esters is 2. The summed E-state index contributed by atoms with van der Waals surface area (Å²) in [6, 6.07) is 0. The van der Waals surface area contributed by atoms with E-state index in [1.165, 1.54) is 6.92 Å². The third kappa shape index (κ3) is 9.09. The van der Waals surface area contributed by atoms with Crippen LogP contribution < -0.4 is 0 Å². The van der Waals surface area contributed by atoms with Crippen molar-refractivity contribution in [3.05, 3.63) is 0 Å². The topological polar surface area (TPSA) is 77.5 Å². The van der Waals surface area contributed by atoms with Crippen molar-refractivity contribution in [2.45, 2.75) is 26.7 Å². The maximum atomic E-state index is 10.8. The van der Waals surface area contributed by atoms with Gasteiger partial charge in [-0.3, -0.25) is 19.2 Å². The van der Waals surface area contributed by atoms with Crippen molar-refractivity contribution in [3.63, 3.8) is 0 Å². The Hall–Kier alpha value is -1.00. The molecule has 0 aromatic heterocycles. The second-order valence-corrected chi connectivity index (χ2v) is 2.56. The minimum Gasteiger partial charge on any atom is -0.393 e. The van der Waals surface area contributed by atoms with Crippen molar-refractivity contribution in [1.29, 1.82) is 0 Å². The third-order valence-electron chi connectivity index (χ3n) is 1.05. The molecule has 0 spiro atoms. The van der Waals surface area contributed by atoms with Gasteiger partial charge in [-0.05, 0) is 6.92 Å². The number of Topliss-reactive ketones (excluding diaryl/α,β-unsaturated/α-hetero) is 2. The molecular weight excluding hydrogens is 232 g/mol. The van der Waals surface area contributed by atoms with Gasteiger partial charge in [-0.1, -0.05) is 0 Å². The first-order valence-electron chi connectivity index (χ1n) is 3.64. The molecule has 0 N–H and O–H groups in total. The molecule has 0 aliphatic carbocycles. The van der Waals surface area contributed by atoms with Gasteiger partial charge in [0.05, 0.1) is 6.42 Å². The fourth-order valence-corrected chi connectivity index (χ4v) is 0.698. The van der Waals surface area contributed by atoms with Crippen molar-refractivity contribution >= 4 is 23.5 Å². The Morgan fingerprint density at radius 2 is 1.50 bits per heavy atom. The first-order chi connectivity index (χ1) is 5.91. The van der Waals surface area contributed by atoms with E-state index in [0.717, 1.165) is 6.92 Å². The number of ketones is 2. The van der Waals surface area contributed by atoms with Crippen molar-refractivity contribution < 1.29 is 41.0 Å². The minimum absolute atomic E-state index is 0. The van der Waals surface area contributed by atoms with Gasteiger partial charge in [0.15, 0.2) is 5.78 Å². The molecule has 0 aromatic rings. The summed E-state index contributed by atoms with van der Waals surface area (Å²) in [6.45, 7) is 2.31. The predicted molar refractivity (Wildman–Crippen MR) is 41.7 cm³/mol. The van der Waals surface area contributed by atoms with E-state index < -0.39 is 24.1 Å². The summed E-state index contributed by atoms with van der Waals surface area (Å²) >= 11 is 0. The van der Waals surface area contributed by atoms with Crippen molar-refractivity contribution in [2.24, 2.45) is 0 Å². The molecule has 0 unspecified atom stereocenters. The Balaban J connectivity index is 0. The van der Waals surface area contributed by atoms with E-state index in [-0.39, 0.29) is 29.3 Å². The molecule has 0 rings (SSSR count). The smallest absolute Gasteiger partial charge is 0.320 e. The minimum atomic E-state index is -0.918. The average molecular weight is 242 g/mol. The molecule has 0 aliphatic heterocycles. The number of hydrogen-bond donors (Lipinski definition) is 0. The first kappa shape index (κ1) is 15.5. The maximum Gasteiger partial charge on any atom is 0.320 e. The monoisotopic (exact) mass is 242 g/mol. The molecule has 5 nitrogen and oxygen atoms in total. The van der Waals surface area contributed by atoms with Gasteiger partial charge in [-0.2, -0.15) is 0 Å². The van der Waals surface area contributed by atoms with E-state index in [2.05, 4.69) is 4.74 Å². The molecule has 14 heavy (non-hydrogen) atoms. The van der Waals surface area contributed by atoms with Crippen molar-refractivity contribution in [2.75, 3.05) is 0 Å². The molecule has 0 bridgehead atoms. The van der Waals surface area contributed by atoms with Crippen LogP contribution in [0.5, 0.6) is 0 Å². The fraction of sp³-hybridized carbons (Fsp3) is 0.500. The molecule has 0 saturated carbocycles.